The van der Waals surface area contributed by atoms with Crippen LogP contribution in [0.1, 0.15) is 22.7 Å². The molecule has 1 aliphatic rings. The van der Waals surface area contributed by atoms with Crippen molar-refractivity contribution in [2.45, 2.75) is 31.7 Å². The maximum absolute atomic E-state index is 12.1. The molecular weight excluding hydrogens is 330 g/mol. The minimum Gasteiger partial charge on any atom is -0.435 e. The van der Waals surface area contributed by atoms with Gasteiger partial charge in [0.2, 0.25) is 0 Å². The van der Waals surface area contributed by atoms with Crippen molar-refractivity contribution in [3.63, 3.8) is 0 Å². The van der Waals surface area contributed by atoms with Crippen LogP contribution in [0.25, 0.3) is 0 Å². The Morgan fingerprint density at radius 3 is 2.64 bits per heavy atom. The minimum absolute atomic E-state index is 0.0638. The van der Waals surface area contributed by atoms with Gasteiger partial charge in [-0.3, -0.25) is 0 Å². The molecule has 7 heteroatoms. The number of halogens is 2. The van der Waals surface area contributed by atoms with Crippen LogP contribution in [0, 0.1) is 0 Å². The quantitative estimate of drug-likeness (QED) is 0.778. The summed E-state index contributed by atoms with van der Waals surface area (Å²) < 4.78 is 28.5. The molecule has 25 heavy (non-hydrogen) atoms. The predicted octanol–water partition coefficient (Wildman–Crippen LogP) is 2.75. The number of hydrogen-bond acceptors (Lipinski definition) is 3. The zero-order valence-corrected chi connectivity index (χ0v) is 13.3. The molecule has 0 bridgehead atoms. The molecule has 3 rings (SSSR count). The van der Waals surface area contributed by atoms with Crippen LogP contribution in [0.2, 0.25) is 0 Å². The molecule has 0 aromatic heterocycles. The van der Waals surface area contributed by atoms with Gasteiger partial charge in [0.15, 0.2) is 0 Å². The number of carbonyl (C=O) groups is 1. The number of hydrogen-bond donors (Lipinski definition) is 3. The Morgan fingerprint density at radius 1 is 1.20 bits per heavy atom. The second-order valence-electron chi connectivity index (χ2n) is 5.80. The molecule has 0 fully saturated rings. The van der Waals surface area contributed by atoms with E-state index in [1.165, 1.54) is 12.1 Å². The fraction of sp³-hybridized carbons (Fsp3) is 0.278. The first-order chi connectivity index (χ1) is 12.0. The zero-order chi connectivity index (χ0) is 17.8. The molecule has 0 radical (unpaired) electrons. The van der Waals surface area contributed by atoms with E-state index in [0.717, 1.165) is 16.7 Å². The van der Waals surface area contributed by atoms with Crippen LogP contribution in [-0.2, 0) is 13.0 Å². The Hall–Kier alpha value is -2.67. The van der Waals surface area contributed by atoms with Crippen LogP contribution < -0.4 is 15.4 Å². The van der Waals surface area contributed by atoms with Crippen LogP contribution in [0.4, 0.5) is 13.6 Å². The average Bonchev–Trinajstić information content (AvgIpc) is 2.89. The molecule has 0 saturated carbocycles. The molecule has 1 aliphatic carbocycles. The first-order valence-electron chi connectivity index (χ1n) is 7.87. The van der Waals surface area contributed by atoms with E-state index in [9.17, 15) is 18.7 Å². The number of nitrogens with one attached hydrogen (secondary N) is 2. The molecule has 5 nitrogen and oxygen atoms in total. The second kappa shape index (κ2) is 7.48. The number of fused-ring (bicyclic) bond motifs is 1. The van der Waals surface area contributed by atoms with Gasteiger partial charge in [0.05, 0.1) is 12.1 Å². The smallest absolute Gasteiger partial charge is 0.387 e. The van der Waals surface area contributed by atoms with Crippen molar-refractivity contribution in [1.29, 1.82) is 0 Å². The molecule has 132 valence electrons. The lowest BCUT2D eigenvalue weighted by Gasteiger charge is -2.18. The van der Waals surface area contributed by atoms with Crippen molar-refractivity contribution in [2.75, 3.05) is 0 Å². The summed E-state index contributed by atoms with van der Waals surface area (Å²) in [5.74, 6) is 0.0638. The number of benzene rings is 2. The minimum atomic E-state index is -2.87. The van der Waals surface area contributed by atoms with Crippen LogP contribution in [0.5, 0.6) is 5.75 Å². The summed E-state index contributed by atoms with van der Waals surface area (Å²) in [6.45, 7) is -2.64. The Kier molecular flexibility index (Phi) is 5.14. The van der Waals surface area contributed by atoms with Crippen LogP contribution in [0.15, 0.2) is 48.5 Å². The molecular formula is C18H18F2N2O3. The number of alkyl halides is 2. The van der Waals surface area contributed by atoms with E-state index in [1.807, 2.05) is 24.3 Å². The number of aliphatic hydroxyl groups excluding tert-OH is 1. The lowest BCUT2D eigenvalue weighted by molar-refractivity contribution is -0.0498. The summed E-state index contributed by atoms with van der Waals surface area (Å²) in [6.07, 6.45) is -0.152. The van der Waals surface area contributed by atoms with Gasteiger partial charge in [-0.1, -0.05) is 36.4 Å². The maximum atomic E-state index is 12.1. The van der Waals surface area contributed by atoms with Crippen LogP contribution in [-0.4, -0.2) is 23.9 Å². The van der Waals surface area contributed by atoms with E-state index in [-0.39, 0.29) is 12.3 Å². The largest absolute Gasteiger partial charge is 0.435 e. The number of ether oxygens (including phenoxy) is 1. The van der Waals surface area contributed by atoms with Gasteiger partial charge in [-0.05, 0) is 28.8 Å². The molecule has 2 atom stereocenters. The van der Waals surface area contributed by atoms with Gasteiger partial charge in [0.25, 0.3) is 0 Å². The molecule has 2 aromatic carbocycles. The molecule has 0 aliphatic heterocycles. The van der Waals surface area contributed by atoms with Crippen molar-refractivity contribution >= 4 is 6.03 Å². The van der Waals surface area contributed by atoms with E-state index >= 15 is 0 Å². The highest BCUT2D eigenvalue weighted by Crippen LogP contribution is 2.31. The molecule has 0 unspecified atom stereocenters. The number of rotatable bonds is 5. The monoisotopic (exact) mass is 348 g/mol. The first-order valence-corrected chi connectivity index (χ1v) is 7.87. The molecule has 0 spiro atoms. The predicted molar refractivity (Wildman–Crippen MR) is 87.3 cm³/mol. The van der Waals surface area contributed by atoms with Crippen molar-refractivity contribution in [2.24, 2.45) is 0 Å². The SMILES string of the molecule is O=C(NCc1ccc(OC(F)F)cc1)N[C@H]1c2ccccc2C[C@H]1O. The fourth-order valence-corrected chi connectivity index (χ4v) is 2.91. The molecule has 2 amide bonds. The van der Waals surface area contributed by atoms with Crippen LogP contribution in [0.3, 0.4) is 0 Å². The van der Waals surface area contributed by atoms with Crippen molar-refractivity contribution in [3.8, 4) is 5.75 Å². The van der Waals surface area contributed by atoms with Gasteiger partial charge in [-0.2, -0.15) is 8.78 Å². The summed E-state index contributed by atoms with van der Waals surface area (Å²) in [5, 5.41) is 15.6. The zero-order valence-electron chi connectivity index (χ0n) is 13.3. The summed E-state index contributed by atoms with van der Waals surface area (Å²) in [5.41, 5.74) is 2.68. The summed E-state index contributed by atoms with van der Waals surface area (Å²) in [4.78, 5) is 12.1. The maximum Gasteiger partial charge on any atom is 0.387 e. The van der Waals surface area contributed by atoms with E-state index in [1.54, 1.807) is 12.1 Å². The van der Waals surface area contributed by atoms with E-state index in [4.69, 9.17) is 0 Å². The van der Waals surface area contributed by atoms with Crippen molar-refractivity contribution < 1.29 is 23.4 Å². The summed E-state index contributed by atoms with van der Waals surface area (Å²) >= 11 is 0. The number of carbonyl (C=O) groups excluding carboxylic acids is 1. The van der Waals surface area contributed by atoms with Gasteiger partial charge >= 0.3 is 12.6 Å². The first kappa shape index (κ1) is 17.2. The summed E-state index contributed by atoms with van der Waals surface area (Å²) in [7, 11) is 0. The normalized spacial score (nSPS) is 18.7. The van der Waals surface area contributed by atoms with E-state index in [0.29, 0.717) is 6.42 Å². The number of urea groups is 1. The second-order valence-corrected chi connectivity index (χ2v) is 5.80. The highest BCUT2D eigenvalue weighted by Gasteiger charge is 2.31. The molecule has 0 saturated heterocycles. The van der Waals surface area contributed by atoms with Gasteiger partial charge in [-0.15, -0.1) is 0 Å². The van der Waals surface area contributed by atoms with Gasteiger partial charge < -0.3 is 20.5 Å². The lowest BCUT2D eigenvalue weighted by Crippen LogP contribution is -2.40. The highest BCUT2D eigenvalue weighted by atomic mass is 19.3. The lowest BCUT2D eigenvalue weighted by atomic mass is 10.1. The Balaban J connectivity index is 1.53. The Morgan fingerprint density at radius 2 is 1.92 bits per heavy atom. The third-order valence-corrected chi connectivity index (χ3v) is 4.09. The topological polar surface area (TPSA) is 70.6 Å². The number of amides is 2. The third kappa shape index (κ3) is 4.24. The van der Waals surface area contributed by atoms with E-state index < -0.39 is 24.8 Å². The number of aliphatic hydroxyl groups is 1. The molecule has 3 N–H and O–H groups in total. The Labute approximate surface area is 143 Å². The van der Waals surface area contributed by atoms with Crippen LogP contribution >= 0.6 is 0 Å². The van der Waals surface area contributed by atoms with Gasteiger partial charge in [0, 0.05) is 13.0 Å². The summed E-state index contributed by atoms with van der Waals surface area (Å²) in [6, 6.07) is 12.7. The molecule has 2 aromatic rings. The van der Waals surface area contributed by atoms with Gasteiger partial charge in [0.1, 0.15) is 5.75 Å². The third-order valence-electron chi connectivity index (χ3n) is 4.09. The fourth-order valence-electron chi connectivity index (χ4n) is 2.91. The van der Waals surface area contributed by atoms with E-state index in [2.05, 4.69) is 15.4 Å². The highest BCUT2D eigenvalue weighted by molar-refractivity contribution is 5.74. The van der Waals surface area contributed by atoms with Gasteiger partial charge in [-0.25, -0.2) is 4.79 Å². The van der Waals surface area contributed by atoms with Crippen molar-refractivity contribution in [3.05, 3.63) is 65.2 Å². The molecule has 0 heterocycles. The Bertz CT molecular complexity index is 737. The van der Waals surface area contributed by atoms with Crippen molar-refractivity contribution in [1.82, 2.24) is 10.6 Å². The standard InChI is InChI=1S/C18H18F2N2O3/c19-17(20)25-13-7-5-11(6-8-13)10-21-18(24)22-16-14-4-2-1-3-12(14)9-15(16)23/h1-8,15-17,23H,9-10H2,(H2,21,22,24)/t15-,16+/m1/s1. The average molecular weight is 348 g/mol.